The molecule has 3 N–H and O–H groups in total. The van der Waals surface area contributed by atoms with Gasteiger partial charge in [-0.3, -0.25) is 0 Å². The maximum absolute atomic E-state index is 12.7. The molecule has 0 bridgehead atoms. The summed E-state index contributed by atoms with van der Waals surface area (Å²) in [5.41, 5.74) is 6.37. The molecule has 10 heteroatoms. The predicted octanol–water partition coefficient (Wildman–Crippen LogP) is 3.54. The smallest absolute Gasteiger partial charge is 0.393 e. The number of benzene rings is 1. The maximum Gasteiger partial charge on any atom is 0.416 e. The van der Waals surface area contributed by atoms with E-state index in [0.29, 0.717) is 36.1 Å². The number of nitrogens with two attached hydrogens (primary N) is 1. The summed E-state index contributed by atoms with van der Waals surface area (Å²) in [5, 5.41) is 2.97. The van der Waals surface area contributed by atoms with Gasteiger partial charge in [0.1, 0.15) is 17.8 Å². The van der Waals surface area contributed by atoms with E-state index in [-0.39, 0.29) is 0 Å². The number of hydrogen-bond donors (Lipinski definition) is 2. The van der Waals surface area contributed by atoms with E-state index in [1.807, 2.05) is 18.2 Å². The first-order valence-corrected chi connectivity index (χ1v) is 9.37. The van der Waals surface area contributed by atoms with Gasteiger partial charge in [0.2, 0.25) is 0 Å². The number of nitrogens with zero attached hydrogens (tertiary/aromatic N) is 5. The first-order valence-electron chi connectivity index (χ1n) is 9.37. The van der Waals surface area contributed by atoms with E-state index in [2.05, 4.69) is 30.1 Å². The molecule has 2 aromatic heterocycles. The fourth-order valence-electron chi connectivity index (χ4n) is 3.31. The molecule has 4 rings (SSSR count). The van der Waals surface area contributed by atoms with E-state index >= 15 is 0 Å². The summed E-state index contributed by atoms with van der Waals surface area (Å²) in [6.45, 7) is 2.94. The number of pyridine rings is 1. The van der Waals surface area contributed by atoms with Gasteiger partial charge in [0.05, 0.1) is 5.56 Å². The van der Waals surface area contributed by atoms with Gasteiger partial charge >= 0.3 is 6.18 Å². The Morgan fingerprint density at radius 1 is 0.867 bits per heavy atom. The average molecular weight is 415 g/mol. The number of anilines is 5. The van der Waals surface area contributed by atoms with Crippen molar-refractivity contribution in [2.75, 3.05) is 47.0 Å². The molecule has 156 valence electrons. The van der Waals surface area contributed by atoms with Crippen LogP contribution in [0.15, 0.2) is 55.0 Å². The molecule has 0 saturated carbocycles. The molecule has 1 aromatic carbocycles. The summed E-state index contributed by atoms with van der Waals surface area (Å²) in [5.74, 6) is 1.88. The molecular formula is C20H20F3N7. The van der Waals surface area contributed by atoms with Crippen molar-refractivity contribution in [3.05, 3.63) is 60.6 Å². The molecule has 7 nitrogen and oxygen atoms in total. The molecule has 0 spiro atoms. The minimum absolute atomic E-state index is 0.351. The molecule has 30 heavy (non-hydrogen) atoms. The topological polar surface area (TPSA) is 83.2 Å². The number of hydrogen-bond acceptors (Lipinski definition) is 7. The number of piperazine rings is 1. The van der Waals surface area contributed by atoms with E-state index in [0.717, 1.165) is 31.0 Å². The minimum atomic E-state index is -4.38. The summed E-state index contributed by atoms with van der Waals surface area (Å²) in [6.07, 6.45) is -1.22. The zero-order chi connectivity index (χ0) is 21.1. The molecule has 0 amide bonds. The molecule has 0 radical (unpaired) electrons. The van der Waals surface area contributed by atoms with Crippen molar-refractivity contribution in [2.24, 2.45) is 0 Å². The van der Waals surface area contributed by atoms with E-state index in [1.165, 1.54) is 18.5 Å². The highest BCUT2D eigenvalue weighted by Gasteiger charge is 2.30. The first-order chi connectivity index (χ1) is 14.4. The van der Waals surface area contributed by atoms with Crippen molar-refractivity contribution in [1.29, 1.82) is 0 Å². The van der Waals surface area contributed by atoms with Crippen molar-refractivity contribution < 1.29 is 13.2 Å². The summed E-state index contributed by atoms with van der Waals surface area (Å²) < 4.78 is 38.2. The van der Waals surface area contributed by atoms with E-state index in [4.69, 9.17) is 5.73 Å². The van der Waals surface area contributed by atoms with Gasteiger partial charge in [-0.2, -0.15) is 13.2 Å². The Morgan fingerprint density at radius 2 is 1.57 bits per heavy atom. The monoisotopic (exact) mass is 415 g/mol. The summed E-state index contributed by atoms with van der Waals surface area (Å²) in [6, 6.07) is 10.5. The van der Waals surface area contributed by atoms with Crippen LogP contribution in [0.4, 0.5) is 42.0 Å². The highest BCUT2D eigenvalue weighted by atomic mass is 19.4. The van der Waals surface area contributed by atoms with Crippen molar-refractivity contribution >= 4 is 28.8 Å². The lowest BCUT2D eigenvalue weighted by Crippen LogP contribution is -2.47. The van der Waals surface area contributed by atoms with Gasteiger partial charge in [-0.25, -0.2) is 15.0 Å². The van der Waals surface area contributed by atoms with Gasteiger partial charge in [0.25, 0.3) is 0 Å². The number of aromatic nitrogens is 3. The van der Waals surface area contributed by atoms with Gasteiger partial charge in [-0.1, -0.05) is 6.07 Å². The van der Waals surface area contributed by atoms with Crippen LogP contribution in [-0.4, -0.2) is 41.1 Å². The Bertz CT molecular complexity index is 986. The van der Waals surface area contributed by atoms with Crippen LogP contribution < -0.4 is 20.9 Å². The molecular weight excluding hydrogens is 395 g/mol. The molecule has 0 aliphatic carbocycles. The van der Waals surface area contributed by atoms with Gasteiger partial charge in [0, 0.05) is 38.1 Å². The zero-order valence-corrected chi connectivity index (χ0v) is 16.0. The van der Waals surface area contributed by atoms with Crippen LogP contribution >= 0.6 is 0 Å². The first kappa shape index (κ1) is 19.7. The maximum atomic E-state index is 12.7. The second-order valence-corrected chi connectivity index (χ2v) is 6.82. The Balaban J connectivity index is 1.46. The lowest BCUT2D eigenvalue weighted by molar-refractivity contribution is -0.137. The summed E-state index contributed by atoms with van der Waals surface area (Å²) in [4.78, 5) is 17.1. The van der Waals surface area contributed by atoms with Crippen molar-refractivity contribution in [2.45, 2.75) is 6.18 Å². The van der Waals surface area contributed by atoms with Gasteiger partial charge in [0.15, 0.2) is 11.6 Å². The highest BCUT2D eigenvalue weighted by molar-refractivity contribution is 5.78. The minimum Gasteiger partial charge on any atom is -0.393 e. The van der Waals surface area contributed by atoms with E-state index in [9.17, 15) is 13.2 Å². The standard InChI is InChI=1S/C20H20F3N7/c21-20(22,23)14-4-6-15(7-5-14)28-18-17(24)19(27-13-26-18)30-11-9-29(10-12-30)16-3-1-2-8-25-16/h1-8,13H,9-12,24H2,(H,26,27,28). The largest absolute Gasteiger partial charge is 0.416 e. The second kappa shape index (κ2) is 8.05. The van der Waals surface area contributed by atoms with Crippen LogP contribution in [0.1, 0.15) is 5.56 Å². The van der Waals surface area contributed by atoms with Crippen LogP contribution in [0.2, 0.25) is 0 Å². The van der Waals surface area contributed by atoms with Crippen LogP contribution in [-0.2, 0) is 6.18 Å². The normalized spacial score (nSPS) is 14.6. The van der Waals surface area contributed by atoms with Crippen LogP contribution in [0.3, 0.4) is 0 Å². The SMILES string of the molecule is Nc1c(Nc2ccc(C(F)(F)F)cc2)ncnc1N1CCN(c2ccccn2)CC1. The summed E-state index contributed by atoms with van der Waals surface area (Å²) in [7, 11) is 0. The predicted molar refractivity (Wildman–Crippen MR) is 110 cm³/mol. The number of nitrogen functional groups attached to an aromatic ring is 1. The van der Waals surface area contributed by atoms with E-state index in [1.54, 1.807) is 6.20 Å². The molecule has 1 saturated heterocycles. The fraction of sp³-hybridized carbons (Fsp3) is 0.250. The van der Waals surface area contributed by atoms with Gasteiger partial charge < -0.3 is 20.9 Å². The second-order valence-electron chi connectivity index (χ2n) is 6.82. The number of alkyl halides is 3. The van der Waals surface area contributed by atoms with Gasteiger partial charge in [-0.05, 0) is 36.4 Å². The molecule has 3 heterocycles. The third-order valence-electron chi connectivity index (χ3n) is 4.89. The third-order valence-corrected chi connectivity index (χ3v) is 4.89. The molecule has 1 fully saturated rings. The lowest BCUT2D eigenvalue weighted by atomic mass is 10.2. The molecule has 0 unspecified atom stereocenters. The number of rotatable bonds is 4. The van der Waals surface area contributed by atoms with Crippen molar-refractivity contribution in [3.63, 3.8) is 0 Å². The molecule has 1 aliphatic rings. The molecule has 0 atom stereocenters. The van der Waals surface area contributed by atoms with Crippen LogP contribution in [0, 0.1) is 0 Å². The van der Waals surface area contributed by atoms with Crippen LogP contribution in [0.25, 0.3) is 0 Å². The number of halogens is 3. The Labute approximate surface area is 171 Å². The number of nitrogens with one attached hydrogen (secondary N) is 1. The van der Waals surface area contributed by atoms with Crippen molar-refractivity contribution in [1.82, 2.24) is 15.0 Å². The van der Waals surface area contributed by atoms with Gasteiger partial charge in [-0.15, -0.1) is 0 Å². The fourth-order valence-corrected chi connectivity index (χ4v) is 3.31. The Morgan fingerprint density at radius 3 is 2.20 bits per heavy atom. The Kier molecular flexibility index (Phi) is 5.30. The molecule has 3 aromatic rings. The van der Waals surface area contributed by atoms with E-state index < -0.39 is 11.7 Å². The quantitative estimate of drug-likeness (QED) is 0.674. The Hall–Kier alpha value is -3.56. The molecule has 1 aliphatic heterocycles. The zero-order valence-electron chi connectivity index (χ0n) is 16.0. The average Bonchev–Trinajstić information content (AvgIpc) is 2.76. The third kappa shape index (κ3) is 4.22. The van der Waals surface area contributed by atoms with Crippen LogP contribution in [0.5, 0.6) is 0 Å². The van der Waals surface area contributed by atoms with Crippen molar-refractivity contribution in [3.8, 4) is 0 Å². The summed E-state index contributed by atoms with van der Waals surface area (Å²) >= 11 is 0. The lowest BCUT2D eigenvalue weighted by Gasteiger charge is -2.36. The highest BCUT2D eigenvalue weighted by Crippen LogP contribution is 2.32.